The Morgan fingerprint density at radius 1 is 1.10 bits per heavy atom. The van der Waals surface area contributed by atoms with E-state index in [1.807, 2.05) is 39.9 Å². The van der Waals surface area contributed by atoms with E-state index >= 15 is 0 Å². The third-order valence-corrected chi connectivity index (χ3v) is 6.96. The molecule has 0 aliphatic carbocycles. The van der Waals surface area contributed by atoms with Crippen molar-refractivity contribution in [2.45, 2.75) is 43.1 Å². The van der Waals surface area contributed by atoms with Gasteiger partial charge in [-0.05, 0) is 36.5 Å². The standard InChI is InChI=1S/C24H25F3N2OS/c1-17-9-11-28(12-10-17)23(30)15-29-14-22(20-7-2-3-8-21(20)29)31-16-18-5-4-6-19(13-18)24(25,26)27/h2-8,13-14,17H,9-12,15-16H2,1H3. The summed E-state index contributed by atoms with van der Waals surface area (Å²) in [5.74, 6) is 1.20. The highest BCUT2D eigenvalue weighted by atomic mass is 32.2. The molecule has 0 radical (unpaired) electrons. The zero-order valence-corrected chi connectivity index (χ0v) is 18.2. The molecular weight excluding hydrogens is 421 g/mol. The smallest absolute Gasteiger partial charge is 0.341 e. The Labute approximate surface area is 184 Å². The summed E-state index contributed by atoms with van der Waals surface area (Å²) < 4.78 is 40.9. The largest absolute Gasteiger partial charge is 0.416 e. The van der Waals surface area contributed by atoms with Crippen LogP contribution in [0.25, 0.3) is 10.9 Å². The highest BCUT2D eigenvalue weighted by Gasteiger charge is 2.30. The molecule has 4 rings (SSSR count). The van der Waals surface area contributed by atoms with Crippen molar-refractivity contribution in [3.63, 3.8) is 0 Å². The molecule has 0 saturated carbocycles. The van der Waals surface area contributed by atoms with Gasteiger partial charge in [-0.25, -0.2) is 0 Å². The number of aromatic nitrogens is 1. The molecule has 1 aliphatic rings. The SMILES string of the molecule is CC1CCN(C(=O)Cn2cc(SCc3cccc(C(F)(F)F)c3)c3ccccc32)CC1. The number of amides is 1. The maximum atomic E-state index is 13.0. The van der Waals surface area contributed by atoms with Crippen LogP contribution in [0.4, 0.5) is 13.2 Å². The third kappa shape index (κ3) is 5.09. The molecule has 7 heteroatoms. The highest BCUT2D eigenvalue weighted by Crippen LogP contribution is 2.34. The maximum Gasteiger partial charge on any atom is 0.416 e. The van der Waals surface area contributed by atoms with Gasteiger partial charge in [0.1, 0.15) is 6.54 Å². The summed E-state index contributed by atoms with van der Waals surface area (Å²) in [6.45, 7) is 4.10. The number of fused-ring (bicyclic) bond motifs is 1. The molecule has 0 spiro atoms. The summed E-state index contributed by atoms with van der Waals surface area (Å²) in [6.07, 6.45) is -0.316. The van der Waals surface area contributed by atoms with Crippen molar-refractivity contribution >= 4 is 28.6 Å². The van der Waals surface area contributed by atoms with E-state index in [-0.39, 0.29) is 12.5 Å². The molecule has 0 atom stereocenters. The lowest BCUT2D eigenvalue weighted by Gasteiger charge is -2.30. The number of halogens is 3. The second-order valence-electron chi connectivity index (χ2n) is 8.19. The summed E-state index contributed by atoms with van der Waals surface area (Å²) >= 11 is 1.49. The fourth-order valence-electron chi connectivity index (χ4n) is 3.96. The number of rotatable bonds is 5. The molecule has 3 aromatic rings. The molecule has 1 saturated heterocycles. The van der Waals surface area contributed by atoms with Gasteiger partial charge in [0.05, 0.1) is 5.56 Å². The lowest BCUT2D eigenvalue weighted by molar-refractivity contribution is -0.137. The minimum Gasteiger partial charge on any atom is -0.341 e. The van der Waals surface area contributed by atoms with E-state index in [2.05, 4.69) is 6.92 Å². The molecule has 31 heavy (non-hydrogen) atoms. The van der Waals surface area contributed by atoms with Crippen LogP contribution < -0.4 is 0 Å². The second kappa shape index (κ2) is 8.99. The average Bonchev–Trinajstić information content (AvgIpc) is 3.10. The van der Waals surface area contributed by atoms with Gasteiger partial charge in [0.15, 0.2) is 0 Å². The van der Waals surface area contributed by atoms with Crippen molar-refractivity contribution in [2.75, 3.05) is 13.1 Å². The number of benzene rings is 2. The van der Waals surface area contributed by atoms with Gasteiger partial charge in [-0.2, -0.15) is 13.2 Å². The molecule has 0 N–H and O–H groups in total. The van der Waals surface area contributed by atoms with Crippen LogP contribution in [0.5, 0.6) is 0 Å². The molecule has 164 valence electrons. The maximum absolute atomic E-state index is 13.0. The first-order chi connectivity index (χ1) is 14.8. The molecule has 0 bridgehead atoms. The Morgan fingerprint density at radius 2 is 1.84 bits per heavy atom. The van der Waals surface area contributed by atoms with Gasteiger partial charge in [0, 0.05) is 40.8 Å². The van der Waals surface area contributed by atoms with Gasteiger partial charge in [-0.3, -0.25) is 4.79 Å². The Morgan fingerprint density at radius 3 is 2.58 bits per heavy atom. The summed E-state index contributed by atoms with van der Waals surface area (Å²) in [5, 5.41) is 1.01. The number of alkyl halides is 3. The molecule has 3 nitrogen and oxygen atoms in total. The molecule has 1 aliphatic heterocycles. The van der Waals surface area contributed by atoms with E-state index < -0.39 is 11.7 Å². The fraction of sp³-hybridized carbons (Fsp3) is 0.375. The lowest BCUT2D eigenvalue weighted by Crippen LogP contribution is -2.39. The molecule has 2 heterocycles. The van der Waals surface area contributed by atoms with E-state index in [1.54, 1.807) is 6.07 Å². The topological polar surface area (TPSA) is 25.2 Å². The second-order valence-corrected chi connectivity index (χ2v) is 9.21. The van der Waals surface area contributed by atoms with Crippen molar-refractivity contribution in [2.24, 2.45) is 5.92 Å². The number of carbonyl (C=O) groups excluding carboxylic acids is 1. The van der Waals surface area contributed by atoms with Gasteiger partial charge in [0.2, 0.25) is 5.91 Å². The summed E-state index contributed by atoms with van der Waals surface area (Å²) in [7, 11) is 0. The number of thioether (sulfide) groups is 1. The minimum atomic E-state index is -4.34. The van der Waals surface area contributed by atoms with Crippen molar-refractivity contribution in [1.29, 1.82) is 0 Å². The van der Waals surface area contributed by atoms with Crippen LogP contribution in [0.2, 0.25) is 0 Å². The monoisotopic (exact) mass is 446 g/mol. The number of nitrogens with zero attached hydrogens (tertiary/aromatic N) is 2. The Kier molecular flexibility index (Phi) is 6.32. The Balaban J connectivity index is 1.51. The van der Waals surface area contributed by atoms with Gasteiger partial charge in [-0.1, -0.05) is 43.3 Å². The first-order valence-corrected chi connectivity index (χ1v) is 11.4. The van der Waals surface area contributed by atoms with E-state index in [9.17, 15) is 18.0 Å². The van der Waals surface area contributed by atoms with Gasteiger partial charge < -0.3 is 9.47 Å². The number of hydrogen-bond acceptors (Lipinski definition) is 2. The van der Waals surface area contributed by atoms with Crippen LogP contribution in [0.15, 0.2) is 59.6 Å². The number of carbonyl (C=O) groups is 1. The number of likely N-dealkylation sites (tertiary alicyclic amines) is 1. The van der Waals surface area contributed by atoms with E-state index in [0.29, 0.717) is 17.2 Å². The molecule has 1 amide bonds. The zero-order valence-electron chi connectivity index (χ0n) is 17.4. The van der Waals surface area contributed by atoms with Crippen molar-refractivity contribution in [1.82, 2.24) is 9.47 Å². The first kappa shape index (κ1) is 21.8. The molecule has 0 unspecified atom stereocenters. The van der Waals surface area contributed by atoms with E-state index in [0.717, 1.165) is 47.8 Å². The quantitative estimate of drug-likeness (QED) is 0.435. The van der Waals surface area contributed by atoms with Crippen LogP contribution in [-0.2, 0) is 23.3 Å². The Hall–Kier alpha value is -2.41. The molecule has 2 aromatic carbocycles. The van der Waals surface area contributed by atoms with Crippen LogP contribution in [0, 0.1) is 5.92 Å². The van der Waals surface area contributed by atoms with Crippen molar-refractivity contribution in [3.05, 3.63) is 65.9 Å². The van der Waals surface area contributed by atoms with Gasteiger partial charge in [0.25, 0.3) is 0 Å². The van der Waals surface area contributed by atoms with Gasteiger partial charge in [-0.15, -0.1) is 11.8 Å². The summed E-state index contributed by atoms with van der Waals surface area (Å²) in [4.78, 5) is 15.7. The fourth-order valence-corrected chi connectivity index (χ4v) is 4.99. The van der Waals surface area contributed by atoms with Crippen LogP contribution in [0.1, 0.15) is 30.9 Å². The number of piperidine rings is 1. The van der Waals surface area contributed by atoms with E-state index in [4.69, 9.17) is 0 Å². The third-order valence-electron chi connectivity index (χ3n) is 5.84. The van der Waals surface area contributed by atoms with Crippen LogP contribution in [0.3, 0.4) is 0 Å². The summed E-state index contributed by atoms with van der Waals surface area (Å²) in [6, 6.07) is 13.3. The number of hydrogen-bond donors (Lipinski definition) is 0. The number of para-hydroxylation sites is 1. The van der Waals surface area contributed by atoms with Crippen LogP contribution in [-0.4, -0.2) is 28.5 Å². The predicted octanol–water partition coefficient (Wildman–Crippen LogP) is 6.21. The van der Waals surface area contributed by atoms with Gasteiger partial charge >= 0.3 is 6.18 Å². The van der Waals surface area contributed by atoms with Crippen molar-refractivity contribution < 1.29 is 18.0 Å². The lowest BCUT2D eigenvalue weighted by atomic mass is 9.99. The van der Waals surface area contributed by atoms with E-state index in [1.165, 1.54) is 23.9 Å². The van der Waals surface area contributed by atoms with Crippen LogP contribution >= 0.6 is 11.8 Å². The minimum absolute atomic E-state index is 0.113. The highest BCUT2D eigenvalue weighted by molar-refractivity contribution is 7.98. The van der Waals surface area contributed by atoms with Crippen molar-refractivity contribution in [3.8, 4) is 0 Å². The predicted molar refractivity (Wildman–Crippen MR) is 118 cm³/mol. The molecule has 1 fully saturated rings. The first-order valence-electron chi connectivity index (χ1n) is 10.5. The Bertz CT molecular complexity index is 1070. The normalized spacial score (nSPS) is 15.5. The zero-order chi connectivity index (χ0) is 22.0. The molecule has 1 aromatic heterocycles. The average molecular weight is 447 g/mol. The summed E-state index contributed by atoms with van der Waals surface area (Å²) in [5.41, 5.74) is 0.956. The molecular formula is C24H25F3N2OS.